The van der Waals surface area contributed by atoms with Crippen LogP contribution in [0.25, 0.3) is 11.1 Å². The standard InChI is InChI=1S/C19H28N2.Pd/c1-12(2)11-17-19(16(7)20-21(17)13(3)4)18-14(5)9-8-10-15(18)6;/h8-10,12-13H,11H2,1-7H3;. The quantitative estimate of drug-likeness (QED) is 0.652. The molecule has 0 spiro atoms. The minimum atomic E-state index is 0. The van der Waals surface area contributed by atoms with Crippen LogP contribution in [0.1, 0.15) is 56.3 Å². The Bertz CT molecular complexity index is 619. The van der Waals surface area contributed by atoms with Gasteiger partial charge in [0.25, 0.3) is 0 Å². The summed E-state index contributed by atoms with van der Waals surface area (Å²) in [6.07, 6.45) is 1.07. The molecule has 22 heavy (non-hydrogen) atoms. The van der Waals surface area contributed by atoms with Crippen LogP contribution in [0, 0.1) is 26.7 Å². The van der Waals surface area contributed by atoms with Gasteiger partial charge in [0.2, 0.25) is 0 Å². The predicted octanol–water partition coefficient (Wildman–Crippen LogP) is 5.25. The van der Waals surface area contributed by atoms with Gasteiger partial charge in [-0.1, -0.05) is 32.0 Å². The fourth-order valence-corrected chi connectivity index (χ4v) is 3.14. The van der Waals surface area contributed by atoms with Crippen LogP contribution in [0.2, 0.25) is 0 Å². The van der Waals surface area contributed by atoms with E-state index in [-0.39, 0.29) is 20.4 Å². The van der Waals surface area contributed by atoms with Crippen molar-refractivity contribution in [3.05, 3.63) is 40.7 Å². The second kappa shape index (κ2) is 7.58. The van der Waals surface area contributed by atoms with Gasteiger partial charge in [-0.05, 0) is 63.6 Å². The average Bonchev–Trinajstić information content (AvgIpc) is 2.67. The van der Waals surface area contributed by atoms with E-state index in [2.05, 4.69) is 71.3 Å². The zero-order valence-electron chi connectivity index (χ0n) is 14.8. The Labute approximate surface area is 149 Å². The van der Waals surface area contributed by atoms with Crippen molar-refractivity contribution >= 4 is 0 Å². The molecule has 0 saturated heterocycles. The molecule has 124 valence electrons. The van der Waals surface area contributed by atoms with Crippen LogP contribution in [0.5, 0.6) is 0 Å². The van der Waals surface area contributed by atoms with Crippen molar-refractivity contribution < 1.29 is 20.4 Å². The van der Waals surface area contributed by atoms with Crippen LogP contribution in [0.4, 0.5) is 0 Å². The maximum Gasteiger partial charge on any atom is 0.0675 e. The second-order valence-corrected chi connectivity index (χ2v) is 6.81. The van der Waals surface area contributed by atoms with E-state index in [0.29, 0.717) is 12.0 Å². The molecule has 0 unspecified atom stereocenters. The number of aryl methyl sites for hydroxylation is 3. The smallest absolute Gasteiger partial charge is 0.0675 e. The molecule has 0 bridgehead atoms. The molecule has 0 aliphatic heterocycles. The van der Waals surface area contributed by atoms with Crippen molar-refractivity contribution in [2.75, 3.05) is 0 Å². The molecule has 0 fully saturated rings. The summed E-state index contributed by atoms with van der Waals surface area (Å²) in [6.45, 7) is 15.5. The van der Waals surface area contributed by atoms with Crippen LogP contribution in [0.3, 0.4) is 0 Å². The third-order valence-electron chi connectivity index (χ3n) is 4.01. The van der Waals surface area contributed by atoms with Crippen LogP contribution >= 0.6 is 0 Å². The monoisotopic (exact) mass is 390 g/mol. The minimum Gasteiger partial charge on any atom is -0.266 e. The maximum absolute atomic E-state index is 4.84. The molecule has 3 heteroatoms. The van der Waals surface area contributed by atoms with Crippen molar-refractivity contribution in [3.63, 3.8) is 0 Å². The maximum atomic E-state index is 4.84. The van der Waals surface area contributed by atoms with E-state index in [4.69, 9.17) is 5.10 Å². The summed E-state index contributed by atoms with van der Waals surface area (Å²) >= 11 is 0. The summed E-state index contributed by atoms with van der Waals surface area (Å²) < 4.78 is 2.22. The van der Waals surface area contributed by atoms with Crippen LogP contribution in [0.15, 0.2) is 18.2 Å². The predicted molar refractivity (Wildman–Crippen MR) is 90.8 cm³/mol. The zero-order valence-corrected chi connectivity index (χ0v) is 16.4. The van der Waals surface area contributed by atoms with Crippen LogP contribution in [-0.2, 0) is 26.8 Å². The van der Waals surface area contributed by atoms with E-state index < -0.39 is 0 Å². The van der Waals surface area contributed by atoms with Crippen LogP contribution < -0.4 is 0 Å². The SMILES string of the molecule is Cc1cccc(C)c1-c1c(C)nn(C(C)C)c1CC(C)C.[Pd]. The Kier molecular flexibility index (Phi) is 6.59. The fraction of sp³-hybridized carbons (Fsp3) is 0.526. The van der Waals surface area contributed by atoms with Crippen molar-refractivity contribution in [1.29, 1.82) is 0 Å². The largest absolute Gasteiger partial charge is 0.266 e. The molecule has 2 nitrogen and oxygen atoms in total. The van der Waals surface area contributed by atoms with Crippen molar-refractivity contribution in [3.8, 4) is 11.1 Å². The van der Waals surface area contributed by atoms with Gasteiger partial charge in [-0.25, -0.2) is 0 Å². The normalized spacial score (nSPS) is 11.1. The average molecular weight is 391 g/mol. The Balaban J connectivity index is 0.00000242. The fourth-order valence-electron chi connectivity index (χ4n) is 3.14. The van der Waals surface area contributed by atoms with E-state index in [1.165, 1.54) is 27.9 Å². The van der Waals surface area contributed by atoms with E-state index in [0.717, 1.165) is 12.1 Å². The van der Waals surface area contributed by atoms with E-state index in [1.54, 1.807) is 0 Å². The van der Waals surface area contributed by atoms with Gasteiger partial charge in [0.1, 0.15) is 0 Å². The van der Waals surface area contributed by atoms with Gasteiger partial charge in [-0.15, -0.1) is 0 Å². The molecular formula is C19H28N2Pd. The van der Waals surface area contributed by atoms with Gasteiger partial charge in [0, 0.05) is 37.7 Å². The number of hydrogen-bond acceptors (Lipinski definition) is 1. The summed E-state index contributed by atoms with van der Waals surface area (Å²) in [4.78, 5) is 0. The van der Waals surface area contributed by atoms with Gasteiger partial charge in [-0.2, -0.15) is 5.10 Å². The van der Waals surface area contributed by atoms with Gasteiger partial charge in [0.05, 0.1) is 5.69 Å². The molecular weight excluding hydrogens is 363 g/mol. The number of rotatable bonds is 4. The molecule has 2 rings (SSSR count). The molecule has 0 radical (unpaired) electrons. The molecule has 1 aromatic carbocycles. The molecule has 0 aliphatic carbocycles. The summed E-state index contributed by atoms with van der Waals surface area (Å²) in [5.41, 5.74) is 7.94. The summed E-state index contributed by atoms with van der Waals surface area (Å²) in [5, 5.41) is 4.84. The second-order valence-electron chi connectivity index (χ2n) is 6.81. The van der Waals surface area contributed by atoms with E-state index >= 15 is 0 Å². The zero-order chi connectivity index (χ0) is 15.7. The Morgan fingerprint density at radius 3 is 1.95 bits per heavy atom. The Hall–Kier alpha value is -0.908. The molecule has 0 atom stereocenters. The minimum absolute atomic E-state index is 0. The van der Waals surface area contributed by atoms with Crippen molar-refractivity contribution in [2.45, 2.75) is 60.9 Å². The number of aromatic nitrogens is 2. The molecule has 0 N–H and O–H groups in total. The molecule has 1 aromatic heterocycles. The van der Waals surface area contributed by atoms with Gasteiger partial charge < -0.3 is 0 Å². The van der Waals surface area contributed by atoms with Crippen LogP contribution in [-0.4, -0.2) is 9.78 Å². The molecule has 2 aromatic rings. The Morgan fingerprint density at radius 2 is 1.50 bits per heavy atom. The summed E-state index contributed by atoms with van der Waals surface area (Å²) in [7, 11) is 0. The third-order valence-corrected chi connectivity index (χ3v) is 4.01. The first-order chi connectivity index (χ1) is 9.82. The molecule has 0 aliphatic rings. The Morgan fingerprint density at radius 1 is 0.955 bits per heavy atom. The number of nitrogens with zero attached hydrogens (tertiary/aromatic N) is 2. The first-order valence-corrected chi connectivity index (χ1v) is 7.97. The van der Waals surface area contributed by atoms with Gasteiger partial charge in [-0.3, -0.25) is 4.68 Å². The number of hydrogen-bond donors (Lipinski definition) is 0. The summed E-state index contributed by atoms with van der Waals surface area (Å²) in [5.74, 6) is 0.627. The van der Waals surface area contributed by atoms with Crippen molar-refractivity contribution in [1.82, 2.24) is 9.78 Å². The van der Waals surface area contributed by atoms with E-state index in [9.17, 15) is 0 Å². The van der Waals surface area contributed by atoms with E-state index in [1.807, 2.05) is 0 Å². The first kappa shape index (κ1) is 19.1. The molecule has 0 amide bonds. The van der Waals surface area contributed by atoms with Crippen molar-refractivity contribution in [2.24, 2.45) is 5.92 Å². The number of benzene rings is 1. The topological polar surface area (TPSA) is 17.8 Å². The third kappa shape index (κ3) is 3.70. The van der Waals surface area contributed by atoms with Gasteiger partial charge in [0.15, 0.2) is 0 Å². The molecule has 1 heterocycles. The summed E-state index contributed by atoms with van der Waals surface area (Å²) in [6, 6.07) is 6.94. The first-order valence-electron chi connectivity index (χ1n) is 7.97. The van der Waals surface area contributed by atoms with Gasteiger partial charge >= 0.3 is 0 Å². The molecule has 0 saturated carbocycles.